The summed E-state index contributed by atoms with van der Waals surface area (Å²) in [6.07, 6.45) is 0.690. The molecule has 29 heavy (non-hydrogen) atoms. The maximum atomic E-state index is 12.5. The molecule has 0 unspecified atom stereocenters. The predicted octanol–water partition coefficient (Wildman–Crippen LogP) is 2.82. The number of tetrazole rings is 1. The number of aromatic nitrogens is 4. The molecule has 0 atom stereocenters. The van der Waals surface area contributed by atoms with E-state index in [0.717, 1.165) is 15.6 Å². The molecule has 0 spiro atoms. The van der Waals surface area contributed by atoms with E-state index in [2.05, 4.69) is 31.3 Å². The number of carbonyl (C=O) groups excluding carboxylic acids is 1. The average Bonchev–Trinajstić information content (AvgIpc) is 3.20. The third kappa shape index (κ3) is 5.11. The Morgan fingerprint density at radius 3 is 2.62 bits per heavy atom. The van der Waals surface area contributed by atoms with Crippen LogP contribution in [0, 0.1) is 0 Å². The highest BCUT2D eigenvalue weighted by molar-refractivity contribution is 9.10. The lowest BCUT2D eigenvalue weighted by atomic mass is 10.1. The van der Waals surface area contributed by atoms with Gasteiger partial charge in [-0.25, -0.2) is 0 Å². The van der Waals surface area contributed by atoms with Crippen LogP contribution in [0.4, 0.5) is 0 Å². The lowest BCUT2D eigenvalue weighted by molar-refractivity contribution is -0.130. The number of hydrogen-bond donors (Lipinski definition) is 0. The standard InChI is InChI=1S/C20H22BrN5O3/c1-25(11-10-14-8-9-17(28-2)18(12-14)29-3)19(27)13-26-23-20(22-24-26)15-6-4-5-7-16(15)21/h4-9,12H,10-11,13H2,1-3H3. The third-order valence-corrected chi connectivity index (χ3v) is 5.15. The molecule has 152 valence electrons. The minimum absolute atomic E-state index is 0.0277. The van der Waals surface area contributed by atoms with Crippen LogP contribution in [0.15, 0.2) is 46.9 Å². The van der Waals surface area contributed by atoms with Crippen molar-refractivity contribution in [2.24, 2.45) is 0 Å². The van der Waals surface area contributed by atoms with Crippen LogP contribution in [0.2, 0.25) is 0 Å². The zero-order chi connectivity index (χ0) is 20.8. The van der Waals surface area contributed by atoms with Crippen LogP contribution in [0.5, 0.6) is 11.5 Å². The zero-order valence-corrected chi connectivity index (χ0v) is 18.1. The Bertz CT molecular complexity index is 992. The van der Waals surface area contributed by atoms with Gasteiger partial charge in [-0.2, -0.15) is 4.80 Å². The van der Waals surface area contributed by atoms with Crippen molar-refractivity contribution < 1.29 is 14.3 Å². The first-order valence-corrected chi connectivity index (χ1v) is 9.78. The Kier molecular flexibility index (Phi) is 6.82. The van der Waals surface area contributed by atoms with E-state index in [4.69, 9.17) is 9.47 Å². The first-order chi connectivity index (χ1) is 14.0. The third-order valence-electron chi connectivity index (χ3n) is 4.45. The van der Waals surface area contributed by atoms with E-state index in [9.17, 15) is 4.79 Å². The maximum Gasteiger partial charge on any atom is 0.245 e. The highest BCUT2D eigenvalue weighted by Crippen LogP contribution is 2.27. The fourth-order valence-corrected chi connectivity index (χ4v) is 3.22. The van der Waals surface area contributed by atoms with E-state index in [-0.39, 0.29) is 12.5 Å². The number of hydrogen-bond acceptors (Lipinski definition) is 6. The summed E-state index contributed by atoms with van der Waals surface area (Å²) in [5.74, 6) is 1.73. The van der Waals surface area contributed by atoms with Gasteiger partial charge in [0.15, 0.2) is 11.5 Å². The number of rotatable bonds is 8. The zero-order valence-electron chi connectivity index (χ0n) is 16.5. The highest BCUT2D eigenvalue weighted by Gasteiger charge is 2.14. The Morgan fingerprint density at radius 1 is 1.14 bits per heavy atom. The summed E-state index contributed by atoms with van der Waals surface area (Å²) in [5.41, 5.74) is 1.88. The molecule has 1 amide bonds. The quantitative estimate of drug-likeness (QED) is 0.514. The van der Waals surface area contributed by atoms with E-state index in [1.165, 1.54) is 4.80 Å². The molecule has 0 saturated carbocycles. The number of likely N-dealkylation sites (N-methyl/N-ethyl adjacent to an activating group) is 1. The van der Waals surface area contributed by atoms with Gasteiger partial charge in [0.25, 0.3) is 0 Å². The first-order valence-electron chi connectivity index (χ1n) is 8.99. The molecule has 3 rings (SSSR count). The molecule has 8 nitrogen and oxygen atoms in total. The Hall–Kier alpha value is -2.94. The molecule has 0 fully saturated rings. The van der Waals surface area contributed by atoms with Crippen molar-refractivity contribution in [1.82, 2.24) is 25.1 Å². The van der Waals surface area contributed by atoms with Gasteiger partial charge in [0, 0.05) is 23.6 Å². The summed E-state index contributed by atoms with van der Waals surface area (Å²) in [7, 11) is 4.96. The van der Waals surface area contributed by atoms with Crippen LogP contribution in [0.25, 0.3) is 11.4 Å². The second-order valence-electron chi connectivity index (χ2n) is 6.38. The molecule has 3 aromatic rings. The molecule has 0 aliphatic heterocycles. The molecule has 2 aromatic carbocycles. The van der Waals surface area contributed by atoms with E-state index in [1.807, 2.05) is 42.5 Å². The fourth-order valence-electron chi connectivity index (χ4n) is 2.76. The number of carbonyl (C=O) groups is 1. The molecule has 0 aliphatic carbocycles. The minimum atomic E-state index is -0.0958. The monoisotopic (exact) mass is 459 g/mol. The summed E-state index contributed by atoms with van der Waals surface area (Å²) in [6, 6.07) is 13.3. The van der Waals surface area contributed by atoms with Crippen molar-refractivity contribution in [2.45, 2.75) is 13.0 Å². The van der Waals surface area contributed by atoms with Crippen molar-refractivity contribution in [2.75, 3.05) is 27.8 Å². The summed E-state index contributed by atoms with van der Waals surface area (Å²) in [6.45, 7) is 0.583. The van der Waals surface area contributed by atoms with Crippen LogP contribution in [-0.4, -0.2) is 58.8 Å². The fraction of sp³-hybridized carbons (Fsp3) is 0.300. The van der Waals surface area contributed by atoms with Crippen molar-refractivity contribution in [3.05, 3.63) is 52.5 Å². The van der Waals surface area contributed by atoms with Crippen LogP contribution in [-0.2, 0) is 17.8 Å². The first kappa shape index (κ1) is 20.8. The van der Waals surface area contributed by atoms with Gasteiger partial charge < -0.3 is 14.4 Å². The van der Waals surface area contributed by atoms with Crippen molar-refractivity contribution >= 4 is 21.8 Å². The number of nitrogens with zero attached hydrogens (tertiary/aromatic N) is 5. The lowest BCUT2D eigenvalue weighted by Crippen LogP contribution is -2.32. The molecule has 0 aliphatic rings. The highest BCUT2D eigenvalue weighted by atomic mass is 79.9. The average molecular weight is 460 g/mol. The Labute approximate surface area is 177 Å². The largest absolute Gasteiger partial charge is 0.493 e. The molecular formula is C20H22BrN5O3. The molecular weight excluding hydrogens is 438 g/mol. The molecule has 0 radical (unpaired) electrons. The van der Waals surface area contributed by atoms with Crippen molar-refractivity contribution in [1.29, 1.82) is 0 Å². The summed E-state index contributed by atoms with van der Waals surface area (Å²) >= 11 is 3.47. The summed E-state index contributed by atoms with van der Waals surface area (Å²) < 4.78 is 11.4. The van der Waals surface area contributed by atoms with Crippen LogP contribution < -0.4 is 9.47 Å². The number of amides is 1. The minimum Gasteiger partial charge on any atom is -0.493 e. The number of methoxy groups -OCH3 is 2. The van der Waals surface area contributed by atoms with Crippen LogP contribution in [0.3, 0.4) is 0 Å². The van der Waals surface area contributed by atoms with Crippen molar-refractivity contribution in [3.8, 4) is 22.9 Å². The molecule has 0 bridgehead atoms. The topological polar surface area (TPSA) is 82.4 Å². The van der Waals surface area contributed by atoms with Crippen molar-refractivity contribution in [3.63, 3.8) is 0 Å². The van der Waals surface area contributed by atoms with Gasteiger partial charge >= 0.3 is 0 Å². The van der Waals surface area contributed by atoms with Gasteiger partial charge in [-0.1, -0.05) is 34.1 Å². The molecule has 9 heteroatoms. The Balaban J connectivity index is 1.58. The number of benzene rings is 2. The summed E-state index contributed by atoms with van der Waals surface area (Å²) in [5, 5.41) is 12.3. The van der Waals surface area contributed by atoms with E-state index < -0.39 is 0 Å². The van der Waals surface area contributed by atoms with E-state index in [1.54, 1.807) is 26.2 Å². The molecule has 0 saturated heterocycles. The number of halogens is 1. The number of ether oxygens (including phenoxy) is 2. The molecule has 1 aromatic heterocycles. The lowest BCUT2D eigenvalue weighted by Gasteiger charge is -2.17. The maximum absolute atomic E-state index is 12.5. The van der Waals surface area contributed by atoms with Gasteiger partial charge in [-0.15, -0.1) is 10.2 Å². The van der Waals surface area contributed by atoms with Gasteiger partial charge in [0.05, 0.1) is 14.2 Å². The second-order valence-corrected chi connectivity index (χ2v) is 7.23. The van der Waals surface area contributed by atoms with Crippen LogP contribution >= 0.6 is 15.9 Å². The van der Waals surface area contributed by atoms with E-state index in [0.29, 0.717) is 30.3 Å². The van der Waals surface area contributed by atoms with Gasteiger partial charge in [0.2, 0.25) is 11.7 Å². The van der Waals surface area contributed by atoms with Gasteiger partial charge in [-0.3, -0.25) is 4.79 Å². The summed E-state index contributed by atoms with van der Waals surface area (Å²) in [4.78, 5) is 15.5. The predicted molar refractivity (Wildman–Crippen MR) is 112 cm³/mol. The van der Waals surface area contributed by atoms with Gasteiger partial charge in [0.1, 0.15) is 6.54 Å². The second kappa shape index (κ2) is 9.51. The van der Waals surface area contributed by atoms with Crippen LogP contribution in [0.1, 0.15) is 5.56 Å². The normalized spacial score (nSPS) is 10.6. The van der Waals surface area contributed by atoms with E-state index >= 15 is 0 Å². The smallest absolute Gasteiger partial charge is 0.245 e. The van der Waals surface area contributed by atoms with Gasteiger partial charge in [-0.05, 0) is 41.5 Å². The Morgan fingerprint density at radius 2 is 1.90 bits per heavy atom. The molecule has 0 N–H and O–H groups in total. The molecule has 1 heterocycles. The SMILES string of the molecule is COc1ccc(CCN(C)C(=O)Cn2nnc(-c3ccccc3Br)n2)cc1OC.